The maximum atomic E-state index is 12.8. The van der Waals surface area contributed by atoms with Crippen LogP contribution in [-0.4, -0.2) is 120 Å². The number of allylic oxidation sites excluding steroid dienone is 1. The number of benzene rings is 2. The molecule has 3 heterocycles. The fraction of sp³-hybridized carbons (Fsp3) is 0.444. The first-order valence-corrected chi connectivity index (χ1v) is 12.9. The van der Waals surface area contributed by atoms with Gasteiger partial charge in [-0.2, -0.15) is 0 Å². The van der Waals surface area contributed by atoms with Crippen LogP contribution in [0.15, 0.2) is 36.1 Å². The Hall–Kier alpha value is -3.51. The van der Waals surface area contributed by atoms with Gasteiger partial charge in [0.15, 0.2) is 23.5 Å². The maximum Gasteiger partial charge on any atom is 0.235 e. The minimum atomic E-state index is -1.78. The van der Waals surface area contributed by atoms with Crippen molar-refractivity contribution in [2.75, 3.05) is 6.61 Å². The fourth-order valence-corrected chi connectivity index (χ4v) is 4.74. The van der Waals surface area contributed by atoms with Gasteiger partial charge in [0.25, 0.3) is 0 Å². The Morgan fingerprint density at radius 2 is 1.48 bits per heavy atom. The second kappa shape index (κ2) is 11.6. The number of ketones is 1. The second-order valence-corrected chi connectivity index (χ2v) is 10.2. The number of carbonyl (C=O) groups excluding carboxylic acids is 1. The van der Waals surface area contributed by atoms with Crippen LogP contribution in [0.1, 0.15) is 22.8 Å². The highest BCUT2D eigenvalue weighted by Crippen LogP contribution is 2.42. The number of aliphatic hydroxyl groups is 6. The fourth-order valence-electron chi connectivity index (χ4n) is 4.74. The maximum absolute atomic E-state index is 12.8. The number of Topliss-reactive ketones (excluding diaryl/α,β-unsaturated/α-hetero) is 1. The number of aliphatic hydroxyl groups excluding tert-OH is 6. The van der Waals surface area contributed by atoms with Gasteiger partial charge in [-0.05, 0) is 30.7 Å². The first kappa shape index (κ1) is 30.0. The summed E-state index contributed by atoms with van der Waals surface area (Å²) in [6.45, 7) is 0.947. The molecule has 2 aromatic rings. The molecule has 0 amide bonds. The molecule has 2 fully saturated rings. The molecule has 0 aliphatic carbocycles. The lowest BCUT2D eigenvalue weighted by molar-refractivity contribution is -0.318. The van der Waals surface area contributed by atoms with Crippen molar-refractivity contribution in [3.8, 4) is 28.7 Å². The molecule has 15 nitrogen and oxygen atoms in total. The van der Waals surface area contributed by atoms with Crippen molar-refractivity contribution >= 4 is 11.9 Å². The molecule has 9 N–H and O–H groups in total. The SMILES string of the molecule is CC1OC(OCC2OC(Oc3cc(O)c4c(c3)OC(=Cc3ccc(O)c(O)c3)C4=O)C(O)C(O)C2O)C(O)C(O)C1O. The standard InChI is InChI=1S/C27H30O15/c1-9-19(31)22(34)24(36)26(39-9)38-8-17-21(33)23(35)25(37)27(42-17)40-11-6-14(30)18-15(7-11)41-16(20(18)32)5-10-2-3-12(28)13(29)4-10/h2-7,9,17,19,21-31,33-37H,8H2,1H3. The van der Waals surface area contributed by atoms with E-state index in [0.29, 0.717) is 5.56 Å². The number of phenolic OH excluding ortho intramolecular Hbond substituents is 3. The molecule has 42 heavy (non-hydrogen) atoms. The molecule has 0 saturated carbocycles. The number of aromatic hydroxyl groups is 3. The van der Waals surface area contributed by atoms with E-state index in [4.69, 9.17) is 23.7 Å². The molecule has 15 heteroatoms. The second-order valence-electron chi connectivity index (χ2n) is 10.2. The van der Waals surface area contributed by atoms with Gasteiger partial charge in [0.2, 0.25) is 12.1 Å². The van der Waals surface area contributed by atoms with Crippen LogP contribution in [0.5, 0.6) is 28.7 Å². The number of phenols is 3. The lowest BCUT2D eigenvalue weighted by Gasteiger charge is -2.42. The van der Waals surface area contributed by atoms with E-state index in [-0.39, 0.29) is 28.6 Å². The van der Waals surface area contributed by atoms with Crippen molar-refractivity contribution in [1.29, 1.82) is 0 Å². The summed E-state index contributed by atoms with van der Waals surface area (Å²) in [6.07, 6.45) is -13.8. The largest absolute Gasteiger partial charge is 0.507 e. The Kier molecular flexibility index (Phi) is 8.30. The minimum Gasteiger partial charge on any atom is -0.507 e. The van der Waals surface area contributed by atoms with Gasteiger partial charge >= 0.3 is 0 Å². The number of rotatable bonds is 6. The summed E-state index contributed by atoms with van der Waals surface area (Å²) >= 11 is 0. The molecular formula is C27H30O15. The normalized spacial score (nSPS) is 35.6. The van der Waals surface area contributed by atoms with Gasteiger partial charge in [-0.15, -0.1) is 0 Å². The smallest absolute Gasteiger partial charge is 0.235 e. The summed E-state index contributed by atoms with van der Waals surface area (Å²) < 4.78 is 27.5. The molecule has 10 unspecified atom stereocenters. The molecule has 3 aliphatic rings. The van der Waals surface area contributed by atoms with Crippen LogP contribution in [0, 0.1) is 0 Å². The van der Waals surface area contributed by atoms with Gasteiger partial charge in [-0.25, -0.2) is 0 Å². The predicted molar refractivity (Wildman–Crippen MR) is 136 cm³/mol. The zero-order valence-electron chi connectivity index (χ0n) is 21.9. The van der Waals surface area contributed by atoms with Crippen LogP contribution in [0.3, 0.4) is 0 Å². The van der Waals surface area contributed by atoms with E-state index in [1.54, 1.807) is 0 Å². The Morgan fingerprint density at radius 1 is 0.786 bits per heavy atom. The molecule has 2 aromatic carbocycles. The highest BCUT2D eigenvalue weighted by atomic mass is 16.7. The third kappa shape index (κ3) is 5.61. The number of carbonyl (C=O) groups is 1. The molecule has 5 rings (SSSR count). The zero-order valence-corrected chi connectivity index (χ0v) is 21.9. The van der Waals surface area contributed by atoms with Crippen molar-refractivity contribution in [3.05, 3.63) is 47.2 Å². The third-order valence-corrected chi connectivity index (χ3v) is 7.18. The summed E-state index contributed by atoms with van der Waals surface area (Å²) in [4.78, 5) is 12.8. The van der Waals surface area contributed by atoms with E-state index in [9.17, 15) is 50.8 Å². The van der Waals surface area contributed by atoms with E-state index in [1.807, 2.05) is 0 Å². The first-order chi connectivity index (χ1) is 19.8. The van der Waals surface area contributed by atoms with E-state index in [0.717, 1.165) is 6.07 Å². The van der Waals surface area contributed by atoms with Gasteiger partial charge in [-0.3, -0.25) is 4.79 Å². The highest BCUT2D eigenvalue weighted by Gasteiger charge is 2.47. The summed E-state index contributed by atoms with van der Waals surface area (Å²) in [7, 11) is 0. The molecule has 0 aromatic heterocycles. The molecule has 0 radical (unpaired) electrons. The van der Waals surface area contributed by atoms with Crippen molar-refractivity contribution < 1.29 is 74.4 Å². The van der Waals surface area contributed by atoms with Gasteiger partial charge in [0, 0.05) is 12.1 Å². The van der Waals surface area contributed by atoms with Crippen LogP contribution in [0.2, 0.25) is 0 Å². The van der Waals surface area contributed by atoms with Crippen LogP contribution >= 0.6 is 0 Å². The zero-order chi connectivity index (χ0) is 30.5. The summed E-state index contributed by atoms with van der Waals surface area (Å²) in [5.41, 5.74) is 0.138. The molecule has 0 bridgehead atoms. The van der Waals surface area contributed by atoms with Gasteiger partial charge in [0.1, 0.15) is 65.5 Å². The number of ether oxygens (including phenoxy) is 5. The summed E-state index contributed by atoms with van der Waals surface area (Å²) in [5.74, 6) is -2.43. The Labute approximate surface area is 237 Å². The first-order valence-electron chi connectivity index (χ1n) is 12.9. The van der Waals surface area contributed by atoms with Crippen molar-refractivity contribution in [3.63, 3.8) is 0 Å². The van der Waals surface area contributed by atoms with Gasteiger partial charge < -0.3 is 69.6 Å². The van der Waals surface area contributed by atoms with Gasteiger partial charge in [-0.1, -0.05) is 6.07 Å². The summed E-state index contributed by atoms with van der Waals surface area (Å²) in [5, 5.41) is 90.9. The molecular weight excluding hydrogens is 564 g/mol. The van der Waals surface area contributed by atoms with Crippen LogP contribution in [0.4, 0.5) is 0 Å². The predicted octanol–water partition coefficient (Wildman–Crippen LogP) is -1.55. The van der Waals surface area contributed by atoms with Crippen molar-refractivity contribution in [1.82, 2.24) is 0 Å². The lowest BCUT2D eigenvalue weighted by Crippen LogP contribution is -2.61. The quantitative estimate of drug-likeness (QED) is 0.136. The lowest BCUT2D eigenvalue weighted by atomic mass is 9.98. The molecule has 228 valence electrons. The average Bonchev–Trinajstić information content (AvgIpc) is 3.26. The Balaban J connectivity index is 1.29. The molecule has 2 saturated heterocycles. The molecule has 0 spiro atoms. The molecule has 3 aliphatic heterocycles. The number of fused-ring (bicyclic) bond motifs is 1. The van der Waals surface area contributed by atoms with E-state index < -0.39 is 85.3 Å². The van der Waals surface area contributed by atoms with E-state index in [2.05, 4.69) is 0 Å². The third-order valence-electron chi connectivity index (χ3n) is 7.18. The Bertz CT molecular complexity index is 1360. The average molecular weight is 595 g/mol. The highest BCUT2D eigenvalue weighted by molar-refractivity contribution is 6.16. The van der Waals surface area contributed by atoms with Crippen LogP contribution in [0.25, 0.3) is 6.08 Å². The minimum absolute atomic E-state index is 0.103. The number of hydrogen-bond donors (Lipinski definition) is 9. The van der Waals surface area contributed by atoms with Crippen LogP contribution < -0.4 is 9.47 Å². The topological polar surface area (TPSA) is 245 Å². The monoisotopic (exact) mass is 594 g/mol. The number of hydrogen-bond acceptors (Lipinski definition) is 15. The summed E-state index contributed by atoms with van der Waals surface area (Å²) in [6, 6.07) is 6.11. The van der Waals surface area contributed by atoms with Crippen LogP contribution in [-0.2, 0) is 14.2 Å². The van der Waals surface area contributed by atoms with Crippen molar-refractivity contribution in [2.24, 2.45) is 0 Å². The van der Waals surface area contributed by atoms with E-state index in [1.165, 1.54) is 37.3 Å². The Morgan fingerprint density at radius 3 is 2.19 bits per heavy atom. The van der Waals surface area contributed by atoms with Crippen molar-refractivity contribution in [2.45, 2.75) is 68.3 Å². The van der Waals surface area contributed by atoms with E-state index >= 15 is 0 Å². The van der Waals surface area contributed by atoms with Gasteiger partial charge in [0.05, 0.1) is 12.7 Å². The molecule has 10 atom stereocenters.